The molecule has 0 saturated carbocycles. The van der Waals surface area contributed by atoms with Crippen LogP contribution in [0.3, 0.4) is 0 Å². The van der Waals surface area contributed by atoms with Crippen molar-refractivity contribution >= 4 is 27.5 Å². The molecular formula is C35H37F3N6O2. The molecule has 4 heterocycles. The van der Waals surface area contributed by atoms with Gasteiger partial charge in [-0.25, -0.2) is 13.2 Å². The van der Waals surface area contributed by atoms with E-state index in [4.69, 9.17) is 9.72 Å². The first-order chi connectivity index (χ1) is 22.1. The number of ether oxygens (including phenoxy) is 1. The molecule has 3 aliphatic rings. The van der Waals surface area contributed by atoms with Gasteiger partial charge in [0.25, 0.3) is 0 Å². The molecule has 0 radical (unpaired) electrons. The van der Waals surface area contributed by atoms with Gasteiger partial charge in [-0.1, -0.05) is 19.1 Å². The Kier molecular flexibility index (Phi) is 7.59. The maximum atomic E-state index is 16.9. The number of piperidine rings is 1. The molecule has 3 saturated heterocycles. The number of nitrogens with one attached hydrogen (secondary N) is 1. The SMILES string of the molecule is CCc1c(F)ccc2cc(O)cc(-c3ccc4c(N5CCCC(C)(NC#N)C5)nc(OC[C@@]56CCCN5C[C@H](F)C6)nc4c3F)c12. The first-order valence-electron chi connectivity index (χ1n) is 16.0. The normalized spacial score (nSPS) is 24.8. The Morgan fingerprint density at radius 1 is 1.11 bits per heavy atom. The van der Waals surface area contributed by atoms with Crippen LogP contribution in [0.25, 0.3) is 32.8 Å². The van der Waals surface area contributed by atoms with Crippen LogP contribution in [0, 0.1) is 23.1 Å². The monoisotopic (exact) mass is 630 g/mol. The summed E-state index contributed by atoms with van der Waals surface area (Å²) in [4.78, 5) is 13.5. The average Bonchev–Trinajstić information content (AvgIpc) is 3.55. The van der Waals surface area contributed by atoms with Crippen molar-refractivity contribution in [3.63, 3.8) is 0 Å². The van der Waals surface area contributed by atoms with Gasteiger partial charge >= 0.3 is 6.01 Å². The summed E-state index contributed by atoms with van der Waals surface area (Å²) in [5.41, 5.74) is 0.0290. The molecule has 0 aliphatic carbocycles. The van der Waals surface area contributed by atoms with Crippen LogP contribution < -0.4 is 15.0 Å². The molecule has 7 rings (SSSR count). The van der Waals surface area contributed by atoms with Gasteiger partial charge < -0.3 is 20.1 Å². The van der Waals surface area contributed by atoms with Crippen molar-refractivity contribution in [3.05, 3.63) is 53.6 Å². The molecule has 46 heavy (non-hydrogen) atoms. The number of phenols is 1. The predicted molar refractivity (Wildman–Crippen MR) is 171 cm³/mol. The summed E-state index contributed by atoms with van der Waals surface area (Å²) in [6.45, 7) is 6.26. The predicted octanol–water partition coefficient (Wildman–Crippen LogP) is 6.38. The van der Waals surface area contributed by atoms with Gasteiger partial charge in [-0.2, -0.15) is 15.2 Å². The quantitative estimate of drug-likeness (QED) is 0.179. The Hall–Kier alpha value is -4.30. The molecule has 8 nitrogen and oxygen atoms in total. The molecule has 3 fully saturated rings. The van der Waals surface area contributed by atoms with Crippen molar-refractivity contribution in [1.29, 1.82) is 5.26 Å². The molecule has 4 aromatic rings. The third-order valence-electron chi connectivity index (χ3n) is 10.1. The van der Waals surface area contributed by atoms with Gasteiger partial charge in [0.2, 0.25) is 0 Å². The van der Waals surface area contributed by atoms with Crippen molar-refractivity contribution in [2.24, 2.45) is 0 Å². The lowest BCUT2D eigenvalue weighted by atomic mass is 9.90. The number of nitrogens with zero attached hydrogens (tertiary/aromatic N) is 5. The lowest BCUT2D eigenvalue weighted by Crippen LogP contribution is -2.54. The molecule has 0 spiro atoms. The molecule has 240 valence electrons. The molecule has 11 heteroatoms. The van der Waals surface area contributed by atoms with E-state index in [-0.39, 0.29) is 29.4 Å². The van der Waals surface area contributed by atoms with E-state index in [0.717, 1.165) is 32.2 Å². The second kappa shape index (κ2) is 11.5. The Labute approximate surface area is 265 Å². The highest BCUT2D eigenvalue weighted by Gasteiger charge is 2.49. The number of alkyl halides is 1. The highest BCUT2D eigenvalue weighted by Crippen LogP contribution is 2.42. The second-order valence-electron chi connectivity index (χ2n) is 13.3. The first kappa shape index (κ1) is 30.4. The van der Waals surface area contributed by atoms with Gasteiger partial charge in [0.15, 0.2) is 12.0 Å². The number of aryl methyl sites for hydroxylation is 1. The minimum atomic E-state index is -0.925. The van der Waals surface area contributed by atoms with E-state index in [9.17, 15) is 19.1 Å². The first-order valence-corrected chi connectivity index (χ1v) is 16.0. The van der Waals surface area contributed by atoms with E-state index in [0.29, 0.717) is 65.6 Å². The lowest BCUT2D eigenvalue weighted by Gasteiger charge is -2.40. The van der Waals surface area contributed by atoms with Gasteiger partial charge in [-0.3, -0.25) is 4.90 Å². The zero-order valence-corrected chi connectivity index (χ0v) is 26.0. The maximum absolute atomic E-state index is 16.9. The van der Waals surface area contributed by atoms with Crippen molar-refractivity contribution in [1.82, 2.24) is 20.2 Å². The lowest BCUT2D eigenvalue weighted by molar-refractivity contribution is 0.107. The second-order valence-corrected chi connectivity index (χ2v) is 13.3. The fourth-order valence-electron chi connectivity index (χ4n) is 8.00. The zero-order chi connectivity index (χ0) is 32.2. The molecule has 3 aromatic carbocycles. The topological polar surface area (TPSA) is 97.5 Å². The van der Waals surface area contributed by atoms with Crippen molar-refractivity contribution < 1.29 is 23.0 Å². The molecule has 1 unspecified atom stereocenters. The van der Waals surface area contributed by atoms with Gasteiger partial charge in [0, 0.05) is 37.0 Å². The Bertz CT molecular complexity index is 1880. The minimum absolute atomic E-state index is 0.0105. The van der Waals surface area contributed by atoms with Crippen LogP contribution in [0.1, 0.15) is 51.5 Å². The van der Waals surface area contributed by atoms with Crippen LogP contribution in [-0.2, 0) is 6.42 Å². The Morgan fingerprint density at radius 3 is 2.74 bits per heavy atom. The van der Waals surface area contributed by atoms with Crippen LogP contribution >= 0.6 is 0 Å². The summed E-state index contributed by atoms with van der Waals surface area (Å²) in [5, 5.41) is 24.5. The smallest absolute Gasteiger partial charge is 0.319 e. The Morgan fingerprint density at radius 2 is 1.93 bits per heavy atom. The largest absolute Gasteiger partial charge is 0.508 e. The van der Waals surface area contributed by atoms with Gasteiger partial charge in [0.1, 0.15) is 35.7 Å². The van der Waals surface area contributed by atoms with Crippen LogP contribution in [-0.4, -0.2) is 70.0 Å². The fraction of sp³-hybridized carbons (Fsp3) is 0.457. The maximum Gasteiger partial charge on any atom is 0.319 e. The van der Waals surface area contributed by atoms with Crippen LogP contribution in [0.4, 0.5) is 19.0 Å². The number of benzene rings is 3. The highest BCUT2D eigenvalue weighted by atomic mass is 19.1. The number of anilines is 1. The number of hydrogen-bond acceptors (Lipinski definition) is 8. The molecule has 1 aromatic heterocycles. The number of halogens is 3. The molecule has 0 amide bonds. The standard InChI is InChI=1S/C35H37F3N6O2/c1-3-24-28(37)9-6-21-14-23(45)15-27(29(21)24)25-7-8-26-31(30(25)38)41-33(46-19-35-11-5-13-44(35)17-22(36)16-35)42-32(26)43-12-4-10-34(2,18-43)40-20-39/h6-9,14-15,22,40,45H,3-5,10-13,16-19H2,1-2H3/t22-,34?,35+/m1/s1. The number of hydrogen-bond donors (Lipinski definition) is 2. The molecule has 2 N–H and O–H groups in total. The van der Waals surface area contributed by atoms with Crippen LogP contribution in [0.2, 0.25) is 0 Å². The highest BCUT2D eigenvalue weighted by molar-refractivity contribution is 6.03. The van der Waals surface area contributed by atoms with Crippen molar-refractivity contribution in [2.45, 2.75) is 69.6 Å². The summed E-state index contributed by atoms with van der Waals surface area (Å²) in [6.07, 6.45) is 5.21. The number of phenolic OH excluding ortho intramolecular Hbond substituents is 1. The summed E-state index contributed by atoms with van der Waals surface area (Å²) < 4.78 is 52.6. The number of aromatic hydroxyl groups is 1. The van der Waals surface area contributed by atoms with E-state index in [2.05, 4.69) is 21.4 Å². The summed E-state index contributed by atoms with van der Waals surface area (Å²) in [7, 11) is 0. The fourth-order valence-corrected chi connectivity index (χ4v) is 8.00. The zero-order valence-electron chi connectivity index (χ0n) is 26.0. The summed E-state index contributed by atoms with van der Waals surface area (Å²) in [6, 6.07) is 9.30. The number of nitriles is 1. The van der Waals surface area contributed by atoms with E-state index in [1.165, 1.54) is 12.1 Å². The van der Waals surface area contributed by atoms with E-state index in [1.807, 2.05) is 18.7 Å². The van der Waals surface area contributed by atoms with E-state index in [1.54, 1.807) is 24.3 Å². The third-order valence-corrected chi connectivity index (χ3v) is 10.1. The van der Waals surface area contributed by atoms with Crippen LogP contribution in [0.5, 0.6) is 11.8 Å². The van der Waals surface area contributed by atoms with E-state index >= 15 is 4.39 Å². The minimum Gasteiger partial charge on any atom is -0.508 e. The van der Waals surface area contributed by atoms with Crippen molar-refractivity contribution in [2.75, 3.05) is 37.7 Å². The van der Waals surface area contributed by atoms with Gasteiger partial charge in [0.05, 0.1) is 11.1 Å². The molecule has 3 aliphatic heterocycles. The van der Waals surface area contributed by atoms with Crippen LogP contribution in [0.15, 0.2) is 36.4 Å². The molecule has 0 bridgehead atoms. The summed E-state index contributed by atoms with van der Waals surface area (Å²) in [5.74, 6) is -0.633. The Balaban J connectivity index is 1.38. The molecule has 3 atom stereocenters. The molecular weight excluding hydrogens is 593 g/mol. The third kappa shape index (κ3) is 5.13. The number of fused-ring (bicyclic) bond motifs is 3. The van der Waals surface area contributed by atoms with Gasteiger partial charge in [-0.15, -0.1) is 0 Å². The van der Waals surface area contributed by atoms with Gasteiger partial charge in [-0.05, 0) is 91.7 Å². The van der Waals surface area contributed by atoms with Crippen molar-refractivity contribution in [3.8, 4) is 29.1 Å². The number of aromatic nitrogens is 2. The average molecular weight is 631 g/mol. The summed E-state index contributed by atoms with van der Waals surface area (Å²) >= 11 is 0. The van der Waals surface area contributed by atoms with E-state index < -0.39 is 28.9 Å². The number of rotatable bonds is 7.